The molecule has 11 heteroatoms. The third kappa shape index (κ3) is 4.54. The number of rotatable bonds is 5. The van der Waals surface area contributed by atoms with E-state index in [0.29, 0.717) is 28.9 Å². The van der Waals surface area contributed by atoms with Crippen LogP contribution in [0.3, 0.4) is 0 Å². The fraction of sp³-hybridized carbons (Fsp3) is 0.231. The largest absolute Gasteiger partial charge is 0.497 e. The molecule has 0 unspecified atom stereocenters. The average Bonchev–Trinajstić information content (AvgIpc) is 3.52. The molecule has 0 radical (unpaired) electrons. The Balaban J connectivity index is 1.29. The highest BCUT2D eigenvalue weighted by Gasteiger charge is 2.21. The highest BCUT2D eigenvalue weighted by molar-refractivity contribution is 7.10. The number of thiazole rings is 1. The van der Waals surface area contributed by atoms with Crippen LogP contribution in [0.15, 0.2) is 57.4 Å². The van der Waals surface area contributed by atoms with Crippen molar-refractivity contribution in [1.82, 2.24) is 34.7 Å². The van der Waals surface area contributed by atoms with Crippen LogP contribution < -0.4 is 16.0 Å². The molecule has 0 spiro atoms. The molecule has 10 nitrogen and oxygen atoms in total. The number of methoxy groups -OCH3 is 1. The molecule has 0 amide bonds. The summed E-state index contributed by atoms with van der Waals surface area (Å²) in [5.74, 6) is 7.36. The van der Waals surface area contributed by atoms with E-state index >= 15 is 0 Å². The lowest BCUT2D eigenvalue weighted by Gasteiger charge is -2.22. The molecule has 1 aliphatic rings. The predicted molar refractivity (Wildman–Crippen MR) is 138 cm³/mol. The van der Waals surface area contributed by atoms with Gasteiger partial charge in [0.2, 0.25) is 0 Å². The van der Waals surface area contributed by atoms with Gasteiger partial charge in [-0.3, -0.25) is 4.79 Å². The minimum atomic E-state index is -0.647. The Morgan fingerprint density at radius 2 is 1.97 bits per heavy atom. The first-order valence-electron chi connectivity index (χ1n) is 11.7. The summed E-state index contributed by atoms with van der Waals surface area (Å²) in [5, 5.41) is 15.3. The summed E-state index contributed by atoms with van der Waals surface area (Å²) in [5.41, 5.74) is 1.88. The molecule has 0 atom stereocenters. The molecule has 0 bridgehead atoms. The minimum absolute atomic E-state index is 0.107. The van der Waals surface area contributed by atoms with E-state index in [9.17, 15) is 9.59 Å². The van der Waals surface area contributed by atoms with Crippen molar-refractivity contribution in [3.05, 3.63) is 90.5 Å². The van der Waals surface area contributed by atoms with E-state index in [4.69, 9.17) is 4.74 Å². The number of nitrogens with one attached hydrogen (secondary N) is 1. The van der Waals surface area contributed by atoms with Crippen molar-refractivity contribution >= 4 is 22.2 Å². The molecule has 3 aromatic heterocycles. The number of tetrazole rings is 1. The van der Waals surface area contributed by atoms with Crippen molar-refractivity contribution < 1.29 is 4.74 Å². The summed E-state index contributed by atoms with van der Waals surface area (Å²) in [7, 11) is 1.60. The van der Waals surface area contributed by atoms with Crippen molar-refractivity contribution in [2.45, 2.75) is 31.7 Å². The second-order valence-electron chi connectivity index (χ2n) is 8.75. The van der Waals surface area contributed by atoms with Crippen LogP contribution in [0.25, 0.3) is 16.9 Å². The molecular formula is C26H21N7O3S. The van der Waals surface area contributed by atoms with Gasteiger partial charge in [-0.1, -0.05) is 29.6 Å². The van der Waals surface area contributed by atoms with E-state index < -0.39 is 11.2 Å². The SMILES string of the molecule is COc1ccc(Cn2nnc(-n3c(=O)[nH]c4ccc(C#Cc5nc(C6CCC6)cs5)cc4c3=O)n2)cc1. The molecule has 1 saturated carbocycles. The summed E-state index contributed by atoms with van der Waals surface area (Å²) < 4.78 is 6.04. The van der Waals surface area contributed by atoms with E-state index in [1.165, 1.54) is 35.4 Å². The van der Waals surface area contributed by atoms with E-state index in [2.05, 4.69) is 42.6 Å². The number of benzene rings is 2. The smallest absolute Gasteiger partial charge is 0.336 e. The maximum atomic E-state index is 13.3. The molecule has 184 valence electrons. The van der Waals surface area contributed by atoms with Crippen LogP contribution >= 0.6 is 11.3 Å². The van der Waals surface area contributed by atoms with Gasteiger partial charge in [-0.25, -0.2) is 9.78 Å². The van der Waals surface area contributed by atoms with Gasteiger partial charge in [0, 0.05) is 16.9 Å². The van der Waals surface area contributed by atoms with Crippen molar-refractivity contribution in [3.8, 4) is 23.5 Å². The van der Waals surface area contributed by atoms with Crippen LogP contribution in [0.2, 0.25) is 0 Å². The maximum Gasteiger partial charge on any atom is 0.336 e. The van der Waals surface area contributed by atoms with Gasteiger partial charge in [0.1, 0.15) is 5.75 Å². The zero-order valence-corrected chi connectivity index (χ0v) is 20.7. The van der Waals surface area contributed by atoms with Crippen molar-refractivity contribution in [2.75, 3.05) is 7.11 Å². The van der Waals surface area contributed by atoms with Crippen LogP contribution in [-0.4, -0.2) is 41.9 Å². The van der Waals surface area contributed by atoms with Gasteiger partial charge < -0.3 is 9.72 Å². The lowest BCUT2D eigenvalue weighted by Crippen LogP contribution is -2.34. The Labute approximate surface area is 214 Å². The molecule has 1 aliphatic carbocycles. The van der Waals surface area contributed by atoms with Gasteiger partial charge in [0.15, 0.2) is 5.01 Å². The number of fused-ring (bicyclic) bond motifs is 1. The first kappa shape index (κ1) is 22.9. The fourth-order valence-corrected chi connectivity index (χ4v) is 4.87. The minimum Gasteiger partial charge on any atom is -0.497 e. The maximum absolute atomic E-state index is 13.3. The number of hydrogen-bond acceptors (Lipinski definition) is 8. The van der Waals surface area contributed by atoms with Gasteiger partial charge in [-0.2, -0.15) is 9.36 Å². The molecule has 1 fully saturated rings. The van der Waals surface area contributed by atoms with Crippen LogP contribution in [0.5, 0.6) is 5.75 Å². The second-order valence-corrected chi connectivity index (χ2v) is 9.61. The Morgan fingerprint density at radius 3 is 2.73 bits per heavy atom. The van der Waals surface area contributed by atoms with Gasteiger partial charge >= 0.3 is 5.69 Å². The zero-order valence-electron chi connectivity index (χ0n) is 19.8. The van der Waals surface area contributed by atoms with E-state index in [1.54, 1.807) is 25.3 Å². The average molecular weight is 512 g/mol. The summed E-state index contributed by atoms with van der Waals surface area (Å²) in [6.45, 7) is 0.316. The van der Waals surface area contributed by atoms with E-state index in [-0.39, 0.29) is 5.95 Å². The van der Waals surface area contributed by atoms with Gasteiger partial charge in [-0.15, -0.1) is 16.4 Å². The molecule has 2 aromatic carbocycles. The quantitative estimate of drug-likeness (QED) is 0.360. The monoisotopic (exact) mass is 511 g/mol. The third-order valence-corrected chi connectivity index (χ3v) is 7.16. The first-order valence-corrected chi connectivity index (χ1v) is 12.6. The van der Waals surface area contributed by atoms with Crippen LogP contribution in [0.4, 0.5) is 0 Å². The van der Waals surface area contributed by atoms with Crippen LogP contribution in [-0.2, 0) is 6.54 Å². The Bertz CT molecular complexity index is 1780. The van der Waals surface area contributed by atoms with Gasteiger partial charge in [-0.05, 0) is 59.9 Å². The number of nitrogens with zero attached hydrogens (tertiary/aromatic N) is 6. The zero-order chi connectivity index (χ0) is 25.4. The van der Waals surface area contributed by atoms with E-state index in [0.717, 1.165) is 26.6 Å². The summed E-state index contributed by atoms with van der Waals surface area (Å²) in [6.07, 6.45) is 3.64. The third-order valence-electron chi connectivity index (χ3n) is 6.38. The van der Waals surface area contributed by atoms with Gasteiger partial charge in [0.05, 0.1) is 30.3 Å². The number of aromatic nitrogens is 7. The standard InChI is InChI=1S/C26H21N7O3S/c1-36-19-9-5-17(6-10-19)14-32-30-25(29-31-32)33-24(34)20-13-16(7-11-21(20)28-26(33)35)8-12-23-27-22(15-37-23)18-3-2-4-18/h5-7,9-11,13,15,18H,2-4,14H2,1H3,(H,28,35). The van der Waals surface area contributed by atoms with Crippen molar-refractivity contribution in [1.29, 1.82) is 0 Å². The van der Waals surface area contributed by atoms with E-state index in [1.807, 2.05) is 24.3 Å². The molecule has 5 aromatic rings. The van der Waals surface area contributed by atoms with Crippen LogP contribution in [0.1, 0.15) is 47.0 Å². The molecule has 1 N–H and O–H groups in total. The lowest BCUT2D eigenvalue weighted by atomic mass is 9.83. The fourth-order valence-electron chi connectivity index (χ4n) is 4.12. The highest BCUT2D eigenvalue weighted by Crippen LogP contribution is 2.36. The Morgan fingerprint density at radius 1 is 1.14 bits per heavy atom. The summed E-state index contributed by atoms with van der Waals surface area (Å²) in [6, 6.07) is 12.5. The predicted octanol–water partition coefficient (Wildman–Crippen LogP) is 2.85. The molecule has 37 heavy (non-hydrogen) atoms. The Kier molecular flexibility index (Phi) is 5.86. The van der Waals surface area contributed by atoms with Crippen LogP contribution in [0, 0.1) is 11.8 Å². The topological polar surface area (TPSA) is 121 Å². The van der Waals surface area contributed by atoms with Crippen molar-refractivity contribution in [2.24, 2.45) is 0 Å². The first-order chi connectivity index (χ1) is 18.1. The van der Waals surface area contributed by atoms with Gasteiger partial charge in [0.25, 0.3) is 11.5 Å². The molecular weight excluding hydrogens is 490 g/mol. The molecule has 3 heterocycles. The number of ether oxygens (including phenoxy) is 1. The Hall–Kier alpha value is -4.56. The molecule has 6 rings (SSSR count). The highest BCUT2D eigenvalue weighted by atomic mass is 32.1. The molecule has 0 aliphatic heterocycles. The van der Waals surface area contributed by atoms with Crippen molar-refractivity contribution in [3.63, 3.8) is 0 Å². The number of hydrogen-bond donors (Lipinski definition) is 1. The normalized spacial score (nSPS) is 13.2. The summed E-state index contributed by atoms with van der Waals surface area (Å²) in [4.78, 5) is 34.7. The number of H-pyrrole nitrogens is 1. The number of aromatic amines is 1. The lowest BCUT2D eigenvalue weighted by molar-refractivity contribution is 0.412. The summed E-state index contributed by atoms with van der Waals surface area (Å²) >= 11 is 1.53. The molecule has 0 saturated heterocycles. The second kappa shape index (κ2) is 9.48.